The van der Waals surface area contributed by atoms with Crippen molar-refractivity contribution in [3.05, 3.63) is 12.2 Å². The largest absolute Gasteiger partial charge is 0.350 e. The van der Waals surface area contributed by atoms with Crippen molar-refractivity contribution >= 4 is 15.9 Å². The Bertz CT molecular complexity index is 119. The van der Waals surface area contributed by atoms with Crippen molar-refractivity contribution < 1.29 is 9.47 Å². The van der Waals surface area contributed by atoms with E-state index < -0.39 is 0 Å². The van der Waals surface area contributed by atoms with Crippen LogP contribution in [0.4, 0.5) is 0 Å². The maximum atomic E-state index is 5.27. The lowest BCUT2D eigenvalue weighted by molar-refractivity contribution is -0.0457. The van der Waals surface area contributed by atoms with Crippen LogP contribution >= 0.6 is 15.9 Å². The molecule has 0 saturated carbocycles. The van der Waals surface area contributed by atoms with Crippen molar-refractivity contribution in [2.75, 3.05) is 18.5 Å². The molecule has 0 unspecified atom stereocenters. The smallest absolute Gasteiger partial charge is 0.158 e. The van der Waals surface area contributed by atoms with E-state index in [0.29, 0.717) is 0 Å². The van der Waals surface area contributed by atoms with Crippen LogP contribution in [-0.2, 0) is 9.47 Å². The molecule has 0 aromatic rings. The van der Waals surface area contributed by atoms with Crippen molar-refractivity contribution in [2.24, 2.45) is 0 Å². The quantitative estimate of drug-likeness (QED) is 0.534. The molecule has 1 fully saturated rings. The van der Waals surface area contributed by atoms with Gasteiger partial charge in [0.25, 0.3) is 0 Å². The molecule has 0 amide bonds. The van der Waals surface area contributed by atoms with Crippen molar-refractivity contribution in [1.29, 1.82) is 0 Å². The highest BCUT2D eigenvalue weighted by atomic mass is 79.9. The third-order valence-corrected chi connectivity index (χ3v) is 1.89. The monoisotopic (exact) mass is 220 g/mol. The van der Waals surface area contributed by atoms with E-state index >= 15 is 0 Å². The van der Waals surface area contributed by atoms with Crippen LogP contribution in [0.5, 0.6) is 0 Å². The molecule has 0 bridgehead atoms. The fraction of sp³-hybridized carbons (Fsp3) is 0.750. The van der Waals surface area contributed by atoms with Gasteiger partial charge in [-0.1, -0.05) is 28.1 Å². The normalized spacial score (nSPS) is 20.1. The maximum Gasteiger partial charge on any atom is 0.158 e. The summed E-state index contributed by atoms with van der Waals surface area (Å²) in [6, 6.07) is 0. The Kier molecular flexibility index (Phi) is 4.82. The van der Waals surface area contributed by atoms with E-state index in [0.717, 1.165) is 31.4 Å². The first-order chi connectivity index (χ1) is 5.43. The molecule has 2 nitrogen and oxygen atoms in total. The summed E-state index contributed by atoms with van der Waals surface area (Å²) in [6.07, 6.45) is 6.30. The zero-order valence-corrected chi connectivity index (χ0v) is 8.05. The zero-order chi connectivity index (χ0) is 7.94. The van der Waals surface area contributed by atoms with Gasteiger partial charge in [-0.05, 0) is 6.42 Å². The highest BCUT2D eigenvalue weighted by Gasteiger charge is 2.13. The maximum absolute atomic E-state index is 5.27. The molecule has 0 atom stereocenters. The molecule has 1 saturated heterocycles. The minimum Gasteiger partial charge on any atom is -0.350 e. The summed E-state index contributed by atoms with van der Waals surface area (Å²) in [5.41, 5.74) is 0. The molecule has 0 spiro atoms. The molecule has 1 aliphatic heterocycles. The van der Waals surface area contributed by atoms with Gasteiger partial charge in [0.1, 0.15) is 0 Å². The summed E-state index contributed by atoms with van der Waals surface area (Å²) >= 11 is 3.31. The average Bonchev–Trinajstić information content (AvgIpc) is 2.50. The molecule has 1 heterocycles. The van der Waals surface area contributed by atoms with Crippen LogP contribution in [0.15, 0.2) is 12.2 Å². The predicted molar refractivity (Wildman–Crippen MR) is 47.9 cm³/mol. The molecule has 0 aromatic carbocycles. The van der Waals surface area contributed by atoms with E-state index in [1.165, 1.54) is 0 Å². The minimum absolute atomic E-state index is 0.0509. The number of hydrogen-bond acceptors (Lipinski definition) is 2. The number of halogens is 1. The van der Waals surface area contributed by atoms with Crippen LogP contribution in [0.25, 0.3) is 0 Å². The fourth-order valence-electron chi connectivity index (χ4n) is 0.987. The van der Waals surface area contributed by atoms with E-state index in [4.69, 9.17) is 9.47 Å². The summed E-state index contributed by atoms with van der Waals surface area (Å²) in [6.45, 7) is 1.51. The van der Waals surface area contributed by atoms with Crippen molar-refractivity contribution in [2.45, 2.75) is 19.1 Å². The van der Waals surface area contributed by atoms with Crippen LogP contribution in [-0.4, -0.2) is 24.8 Å². The molecule has 1 aliphatic rings. The van der Waals surface area contributed by atoms with E-state index in [1.54, 1.807) is 0 Å². The molecule has 0 aromatic heterocycles. The molecule has 11 heavy (non-hydrogen) atoms. The van der Waals surface area contributed by atoms with Crippen LogP contribution in [0.1, 0.15) is 12.8 Å². The first-order valence-electron chi connectivity index (χ1n) is 3.87. The lowest BCUT2D eigenvalue weighted by Crippen LogP contribution is -2.05. The Labute approximate surface area is 75.7 Å². The summed E-state index contributed by atoms with van der Waals surface area (Å²) in [5.74, 6) is 0. The van der Waals surface area contributed by atoms with E-state index in [9.17, 15) is 0 Å². The third kappa shape index (κ3) is 3.89. The van der Waals surface area contributed by atoms with Gasteiger partial charge in [-0.25, -0.2) is 0 Å². The van der Waals surface area contributed by atoms with Gasteiger partial charge in [0.2, 0.25) is 0 Å². The van der Waals surface area contributed by atoms with E-state index in [-0.39, 0.29) is 6.29 Å². The van der Waals surface area contributed by atoms with Gasteiger partial charge in [0, 0.05) is 11.8 Å². The highest BCUT2D eigenvalue weighted by molar-refractivity contribution is 9.09. The molecular weight excluding hydrogens is 208 g/mol. The minimum atomic E-state index is 0.0509. The van der Waals surface area contributed by atoms with Gasteiger partial charge in [0.15, 0.2) is 6.29 Å². The van der Waals surface area contributed by atoms with Gasteiger partial charge >= 0.3 is 0 Å². The summed E-state index contributed by atoms with van der Waals surface area (Å²) in [4.78, 5) is 0. The van der Waals surface area contributed by atoms with Gasteiger partial charge in [0.05, 0.1) is 13.2 Å². The second-order valence-electron chi connectivity index (χ2n) is 2.37. The van der Waals surface area contributed by atoms with E-state index in [1.807, 2.05) is 0 Å². The van der Waals surface area contributed by atoms with Crippen LogP contribution < -0.4 is 0 Å². The van der Waals surface area contributed by atoms with Gasteiger partial charge < -0.3 is 9.47 Å². The predicted octanol–water partition coefficient (Wildman–Crippen LogP) is 2.09. The topological polar surface area (TPSA) is 18.5 Å². The number of allylic oxidation sites excluding steroid dienone is 2. The average molecular weight is 221 g/mol. The summed E-state index contributed by atoms with van der Waals surface area (Å²) in [5, 5.41) is 0.930. The number of hydrogen-bond donors (Lipinski definition) is 0. The fourth-order valence-corrected chi connectivity index (χ4v) is 1.25. The second kappa shape index (κ2) is 5.75. The number of alkyl halides is 1. The molecule has 3 heteroatoms. The van der Waals surface area contributed by atoms with Gasteiger partial charge in [-0.15, -0.1) is 0 Å². The zero-order valence-electron chi connectivity index (χ0n) is 6.46. The Balaban J connectivity index is 1.97. The van der Waals surface area contributed by atoms with Crippen molar-refractivity contribution in [1.82, 2.24) is 0 Å². The Morgan fingerprint density at radius 1 is 1.27 bits per heavy atom. The molecule has 1 rings (SSSR count). The van der Waals surface area contributed by atoms with Crippen molar-refractivity contribution in [3.63, 3.8) is 0 Å². The molecule has 64 valence electrons. The molecule has 0 aliphatic carbocycles. The SMILES string of the molecule is BrCC=CCCC1OCCO1. The molecule has 0 radical (unpaired) electrons. The first kappa shape index (κ1) is 9.23. The Morgan fingerprint density at radius 3 is 2.64 bits per heavy atom. The lowest BCUT2D eigenvalue weighted by Gasteiger charge is -2.05. The van der Waals surface area contributed by atoms with Crippen LogP contribution in [0.3, 0.4) is 0 Å². The van der Waals surface area contributed by atoms with Gasteiger partial charge in [-0.3, -0.25) is 0 Å². The van der Waals surface area contributed by atoms with E-state index in [2.05, 4.69) is 28.1 Å². The Morgan fingerprint density at radius 2 is 2.00 bits per heavy atom. The highest BCUT2D eigenvalue weighted by Crippen LogP contribution is 2.10. The number of rotatable bonds is 4. The van der Waals surface area contributed by atoms with Crippen LogP contribution in [0.2, 0.25) is 0 Å². The molecular formula is C8H13BrO2. The standard InChI is InChI=1S/C8H13BrO2/c9-5-3-1-2-4-8-10-6-7-11-8/h1,3,8H,2,4-7H2. The second-order valence-corrected chi connectivity index (χ2v) is 3.02. The summed E-state index contributed by atoms with van der Waals surface area (Å²) in [7, 11) is 0. The summed E-state index contributed by atoms with van der Waals surface area (Å²) < 4.78 is 10.5. The van der Waals surface area contributed by atoms with Crippen molar-refractivity contribution in [3.8, 4) is 0 Å². The Hall–Kier alpha value is 0.140. The van der Waals surface area contributed by atoms with Gasteiger partial charge in [-0.2, -0.15) is 0 Å². The molecule has 0 N–H and O–H groups in total. The number of ether oxygens (including phenoxy) is 2. The first-order valence-corrected chi connectivity index (χ1v) is 5.00. The third-order valence-electron chi connectivity index (χ3n) is 1.52. The lowest BCUT2D eigenvalue weighted by atomic mass is 10.3. The van der Waals surface area contributed by atoms with Crippen LogP contribution in [0, 0.1) is 0 Å².